The van der Waals surface area contributed by atoms with Crippen LogP contribution in [0.15, 0.2) is 36.7 Å². The highest BCUT2D eigenvalue weighted by molar-refractivity contribution is 5.53. The first-order chi connectivity index (χ1) is 8.87. The molecule has 1 aromatic heterocycles. The molecule has 1 N–H and O–H groups in total. The average Bonchev–Trinajstić information content (AvgIpc) is 2.72. The molecule has 0 saturated carbocycles. The highest BCUT2D eigenvalue weighted by Crippen LogP contribution is 2.29. The predicted molar refractivity (Wildman–Crippen MR) is 63.7 cm³/mol. The zero-order valence-corrected chi connectivity index (χ0v) is 10.1. The van der Waals surface area contributed by atoms with Crippen molar-refractivity contribution in [3.05, 3.63) is 42.2 Å². The SMILES string of the molecule is Cc1cccc(OCC(F)(F)F)c1-n1ccc(O)c1. The third kappa shape index (κ3) is 3.21. The Balaban J connectivity index is 2.36. The van der Waals surface area contributed by atoms with Gasteiger partial charge in [0.05, 0.1) is 11.9 Å². The van der Waals surface area contributed by atoms with Crippen molar-refractivity contribution < 1.29 is 23.0 Å². The average molecular weight is 271 g/mol. The zero-order valence-electron chi connectivity index (χ0n) is 10.1. The summed E-state index contributed by atoms with van der Waals surface area (Å²) in [5, 5.41) is 9.31. The van der Waals surface area contributed by atoms with E-state index < -0.39 is 12.8 Å². The summed E-state index contributed by atoms with van der Waals surface area (Å²) in [5.74, 6) is 0.151. The molecule has 0 aliphatic carbocycles. The number of alkyl halides is 3. The first kappa shape index (κ1) is 13.3. The molecule has 1 heterocycles. The number of aromatic hydroxyl groups is 1. The summed E-state index contributed by atoms with van der Waals surface area (Å²) in [7, 11) is 0. The smallest absolute Gasteiger partial charge is 0.422 e. The van der Waals surface area contributed by atoms with E-state index >= 15 is 0 Å². The summed E-state index contributed by atoms with van der Waals surface area (Å²) in [6.07, 6.45) is -1.43. The standard InChI is InChI=1S/C13H12F3NO2/c1-9-3-2-4-11(19-8-13(14,15)16)12(9)17-6-5-10(18)7-17/h2-7,18H,8H2,1H3. The van der Waals surface area contributed by atoms with Crippen LogP contribution in [0.2, 0.25) is 0 Å². The molecule has 102 valence electrons. The third-order valence-corrected chi connectivity index (χ3v) is 2.53. The van der Waals surface area contributed by atoms with E-state index in [9.17, 15) is 18.3 Å². The predicted octanol–water partition coefficient (Wildman–Crippen LogP) is 3.43. The number of aryl methyl sites for hydroxylation is 1. The molecule has 2 aromatic rings. The fourth-order valence-corrected chi connectivity index (χ4v) is 1.76. The Labute approximate surface area is 107 Å². The van der Waals surface area contributed by atoms with Crippen molar-refractivity contribution in [3.63, 3.8) is 0 Å². The van der Waals surface area contributed by atoms with Crippen LogP contribution in [0.4, 0.5) is 13.2 Å². The molecule has 3 nitrogen and oxygen atoms in total. The lowest BCUT2D eigenvalue weighted by atomic mass is 10.2. The van der Waals surface area contributed by atoms with Crippen molar-refractivity contribution in [3.8, 4) is 17.2 Å². The van der Waals surface area contributed by atoms with Gasteiger partial charge in [0, 0.05) is 6.20 Å². The maximum Gasteiger partial charge on any atom is 0.422 e. The second-order valence-electron chi connectivity index (χ2n) is 4.10. The minimum absolute atomic E-state index is 0.0324. The summed E-state index contributed by atoms with van der Waals surface area (Å²) in [6, 6.07) is 6.28. The molecular weight excluding hydrogens is 259 g/mol. The molecule has 2 rings (SSSR count). The van der Waals surface area contributed by atoms with E-state index in [2.05, 4.69) is 0 Å². The summed E-state index contributed by atoms with van der Waals surface area (Å²) < 4.78 is 43.0. The van der Waals surface area contributed by atoms with Gasteiger partial charge in [0.25, 0.3) is 0 Å². The zero-order chi connectivity index (χ0) is 14.0. The van der Waals surface area contributed by atoms with Crippen LogP contribution in [-0.4, -0.2) is 22.5 Å². The minimum Gasteiger partial charge on any atom is -0.506 e. The topological polar surface area (TPSA) is 34.4 Å². The van der Waals surface area contributed by atoms with Crippen molar-refractivity contribution in [2.45, 2.75) is 13.1 Å². The highest BCUT2D eigenvalue weighted by atomic mass is 19.4. The fourth-order valence-electron chi connectivity index (χ4n) is 1.76. The fraction of sp³-hybridized carbons (Fsp3) is 0.231. The number of ether oxygens (including phenoxy) is 1. The van der Waals surface area contributed by atoms with Gasteiger partial charge in [-0.15, -0.1) is 0 Å². The Morgan fingerprint density at radius 3 is 2.58 bits per heavy atom. The van der Waals surface area contributed by atoms with Crippen molar-refractivity contribution in [1.82, 2.24) is 4.57 Å². The number of hydrogen-bond acceptors (Lipinski definition) is 2. The second kappa shape index (κ2) is 4.87. The summed E-state index contributed by atoms with van der Waals surface area (Å²) in [4.78, 5) is 0. The first-order valence-corrected chi connectivity index (χ1v) is 5.53. The number of halogens is 3. The van der Waals surface area contributed by atoms with E-state index in [4.69, 9.17) is 4.74 Å². The molecule has 1 aromatic carbocycles. The molecule has 19 heavy (non-hydrogen) atoms. The van der Waals surface area contributed by atoms with Crippen molar-refractivity contribution >= 4 is 0 Å². The molecule has 0 unspecified atom stereocenters. The van der Waals surface area contributed by atoms with E-state index in [0.717, 1.165) is 5.56 Å². The Bertz CT molecular complexity index is 576. The van der Waals surface area contributed by atoms with Crippen LogP contribution < -0.4 is 4.74 Å². The molecule has 0 aliphatic rings. The van der Waals surface area contributed by atoms with Crippen LogP contribution in [-0.2, 0) is 0 Å². The number of aromatic nitrogens is 1. The summed E-state index contributed by atoms with van der Waals surface area (Å²) in [6.45, 7) is 0.406. The van der Waals surface area contributed by atoms with Crippen LogP contribution in [0.5, 0.6) is 11.5 Å². The van der Waals surface area contributed by atoms with Gasteiger partial charge in [-0.1, -0.05) is 12.1 Å². The number of rotatable bonds is 3. The quantitative estimate of drug-likeness (QED) is 0.928. The molecule has 0 amide bonds. The van der Waals surface area contributed by atoms with E-state index in [-0.39, 0.29) is 11.5 Å². The molecule has 0 radical (unpaired) electrons. The van der Waals surface area contributed by atoms with Crippen molar-refractivity contribution in [2.24, 2.45) is 0 Å². The number of benzene rings is 1. The van der Waals surface area contributed by atoms with Gasteiger partial charge in [-0.05, 0) is 24.6 Å². The van der Waals surface area contributed by atoms with E-state index in [0.29, 0.717) is 5.69 Å². The van der Waals surface area contributed by atoms with Gasteiger partial charge in [0.15, 0.2) is 6.61 Å². The molecule has 6 heteroatoms. The van der Waals surface area contributed by atoms with Gasteiger partial charge in [0.2, 0.25) is 0 Å². The lowest BCUT2D eigenvalue weighted by Gasteiger charge is -2.15. The van der Waals surface area contributed by atoms with Crippen LogP contribution in [0.3, 0.4) is 0 Å². The Hall–Kier alpha value is -2.11. The maximum atomic E-state index is 12.2. The van der Waals surface area contributed by atoms with E-state index in [1.165, 1.54) is 22.9 Å². The van der Waals surface area contributed by atoms with Gasteiger partial charge in [0.1, 0.15) is 11.5 Å². The van der Waals surface area contributed by atoms with Crippen LogP contribution in [0.1, 0.15) is 5.56 Å². The second-order valence-corrected chi connectivity index (χ2v) is 4.10. The Morgan fingerprint density at radius 2 is 2.00 bits per heavy atom. The van der Waals surface area contributed by atoms with Gasteiger partial charge in [-0.3, -0.25) is 0 Å². The summed E-state index contributed by atoms with van der Waals surface area (Å²) in [5.41, 5.74) is 1.22. The van der Waals surface area contributed by atoms with Gasteiger partial charge in [-0.25, -0.2) is 0 Å². The molecule has 0 aliphatic heterocycles. The van der Waals surface area contributed by atoms with Crippen molar-refractivity contribution in [2.75, 3.05) is 6.61 Å². The van der Waals surface area contributed by atoms with E-state index in [1.54, 1.807) is 25.3 Å². The lowest BCUT2D eigenvalue weighted by Crippen LogP contribution is -2.20. The first-order valence-electron chi connectivity index (χ1n) is 5.53. The number of para-hydroxylation sites is 1. The molecule has 0 bridgehead atoms. The Kier molecular flexibility index (Phi) is 3.42. The third-order valence-electron chi connectivity index (χ3n) is 2.53. The van der Waals surface area contributed by atoms with Crippen molar-refractivity contribution in [1.29, 1.82) is 0 Å². The maximum absolute atomic E-state index is 12.2. The van der Waals surface area contributed by atoms with Crippen LogP contribution >= 0.6 is 0 Å². The molecule has 0 fully saturated rings. The molecule has 0 atom stereocenters. The van der Waals surface area contributed by atoms with Crippen LogP contribution in [0, 0.1) is 6.92 Å². The molecular formula is C13H12F3NO2. The van der Waals surface area contributed by atoms with Gasteiger partial charge >= 0.3 is 6.18 Å². The van der Waals surface area contributed by atoms with E-state index in [1.807, 2.05) is 0 Å². The van der Waals surface area contributed by atoms with Gasteiger partial charge < -0.3 is 14.4 Å². The Morgan fingerprint density at radius 1 is 1.26 bits per heavy atom. The largest absolute Gasteiger partial charge is 0.506 e. The molecule has 0 saturated heterocycles. The number of nitrogens with zero attached hydrogens (tertiary/aromatic N) is 1. The van der Waals surface area contributed by atoms with Crippen LogP contribution in [0.25, 0.3) is 5.69 Å². The normalized spacial score (nSPS) is 11.6. The number of hydrogen-bond donors (Lipinski definition) is 1. The minimum atomic E-state index is -4.39. The lowest BCUT2D eigenvalue weighted by molar-refractivity contribution is -0.153. The highest BCUT2D eigenvalue weighted by Gasteiger charge is 2.29. The molecule has 0 spiro atoms. The monoisotopic (exact) mass is 271 g/mol. The summed E-state index contributed by atoms with van der Waals surface area (Å²) >= 11 is 0. The van der Waals surface area contributed by atoms with Gasteiger partial charge in [-0.2, -0.15) is 13.2 Å².